The van der Waals surface area contributed by atoms with Crippen molar-refractivity contribution in [1.29, 1.82) is 0 Å². The summed E-state index contributed by atoms with van der Waals surface area (Å²) >= 11 is 6.56. The zero-order valence-electron chi connectivity index (χ0n) is 10.1. The van der Waals surface area contributed by atoms with Crippen LogP contribution < -0.4 is 4.72 Å². The fraction of sp³-hybridized carbons (Fsp3) is 0.500. The number of benzene rings is 1. The predicted octanol–water partition coefficient (Wildman–Crippen LogP) is 2.65. The summed E-state index contributed by atoms with van der Waals surface area (Å²) in [6.07, 6.45) is 2.59. The van der Waals surface area contributed by atoms with Crippen molar-refractivity contribution in [1.82, 2.24) is 4.72 Å². The average molecular weight is 413 g/mol. The van der Waals surface area contributed by atoms with E-state index in [0.29, 0.717) is 4.47 Å². The Morgan fingerprint density at radius 3 is 2.68 bits per heavy atom. The molecular weight excluding hydrogens is 398 g/mol. The normalized spacial score (nSPS) is 23.7. The van der Waals surface area contributed by atoms with Gasteiger partial charge in [-0.1, -0.05) is 22.4 Å². The molecule has 0 aromatic heterocycles. The number of aliphatic hydroxyl groups excluding tert-OH is 1. The van der Waals surface area contributed by atoms with Gasteiger partial charge in [0, 0.05) is 21.6 Å². The second-order valence-electron chi connectivity index (χ2n) is 4.68. The standard InChI is InChI=1S/C12H15Br2NO3S/c13-9-4-5-12(10(14)6-9)19(17,18)15-11-3-1-2-8(11)7-16/h4-6,8,11,15-16H,1-3,7H2. The molecule has 0 bridgehead atoms. The van der Waals surface area contributed by atoms with Crippen LogP contribution in [0.15, 0.2) is 32.0 Å². The van der Waals surface area contributed by atoms with Crippen molar-refractivity contribution in [2.24, 2.45) is 5.92 Å². The van der Waals surface area contributed by atoms with Crippen molar-refractivity contribution in [2.75, 3.05) is 6.61 Å². The van der Waals surface area contributed by atoms with Crippen molar-refractivity contribution >= 4 is 41.9 Å². The highest BCUT2D eigenvalue weighted by atomic mass is 79.9. The van der Waals surface area contributed by atoms with Gasteiger partial charge >= 0.3 is 0 Å². The van der Waals surface area contributed by atoms with Crippen molar-refractivity contribution < 1.29 is 13.5 Å². The molecule has 2 atom stereocenters. The van der Waals surface area contributed by atoms with Gasteiger partial charge in [0.1, 0.15) is 0 Å². The molecule has 1 aromatic rings. The lowest BCUT2D eigenvalue weighted by Gasteiger charge is -2.19. The lowest BCUT2D eigenvalue weighted by molar-refractivity contribution is 0.213. The van der Waals surface area contributed by atoms with Crippen molar-refractivity contribution in [3.63, 3.8) is 0 Å². The third-order valence-corrected chi connectivity index (χ3v) is 6.34. The van der Waals surface area contributed by atoms with E-state index in [9.17, 15) is 13.5 Å². The first-order valence-electron chi connectivity index (χ1n) is 6.02. The molecule has 0 heterocycles. The molecule has 1 aliphatic rings. The number of aliphatic hydroxyl groups is 1. The van der Waals surface area contributed by atoms with E-state index in [1.54, 1.807) is 18.2 Å². The summed E-state index contributed by atoms with van der Waals surface area (Å²) in [7, 11) is -3.56. The summed E-state index contributed by atoms with van der Waals surface area (Å²) in [6, 6.07) is 4.77. The maximum Gasteiger partial charge on any atom is 0.241 e. The van der Waals surface area contributed by atoms with Gasteiger partial charge in [-0.05, 0) is 52.9 Å². The minimum atomic E-state index is -3.56. The molecule has 1 aromatic carbocycles. The first-order chi connectivity index (χ1) is 8.94. The second-order valence-corrected chi connectivity index (χ2v) is 8.13. The summed E-state index contributed by atoms with van der Waals surface area (Å²) in [6.45, 7) is 0.0225. The SMILES string of the molecule is O=S(=O)(NC1CCCC1CO)c1ccc(Br)cc1Br. The maximum absolute atomic E-state index is 12.3. The van der Waals surface area contributed by atoms with Crippen molar-refractivity contribution in [3.05, 3.63) is 27.1 Å². The van der Waals surface area contributed by atoms with E-state index < -0.39 is 10.0 Å². The fourth-order valence-corrected chi connectivity index (χ4v) is 5.45. The number of nitrogens with one attached hydrogen (secondary N) is 1. The van der Waals surface area contributed by atoms with Gasteiger partial charge in [0.2, 0.25) is 10.0 Å². The molecule has 1 saturated carbocycles. The largest absolute Gasteiger partial charge is 0.396 e. The first kappa shape index (κ1) is 15.4. The van der Waals surface area contributed by atoms with Gasteiger partial charge in [-0.15, -0.1) is 0 Å². The third-order valence-electron chi connectivity index (χ3n) is 3.38. The van der Waals surface area contributed by atoms with Gasteiger partial charge in [0.25, 0.3) is 0 Å². The van der Waals surface area contributed by atoms with Crippen LogP contribution in [0, 0.1) is 5.92 Å². The molecule has 2 rings (SSSR count). The van der Waals surface area contributed by atoms with Crippen LogP contribution >= 0.6 is 31.9 Å². The summed E-state index contributed by atoms with van der Waals surface area (Å²) in [4.78, 5) is 0.222. The van der Waals surface area contributed by atoms with Crippen LogP contribution in [-0.2, 0) is 10.0 Å². The van der Waals surface area contributed by atoms with Gasteiger partial charge < -0.3 is 5.11 Å². The monoisotopic (exact) mass is 411 g/mol. The molecule has 0 amide bonds. The number of hydrogen-bond donors (Lipinski definition) is 2. The maximum atomic E-state index is 12.3. The number of rotatable bonds is 4. The van der Waals surface area contributed by atoms with E-state index >= 15 is 0 Å². The molecule has 4 nitrogen and oxygen atoms in total. The van der Waals surface area contributed by atoms with Gasteiger partial charge in [0.05, 0.1) is 4.90 Å². The van der Waals surface area contributed by atoms with Crippen LogP contribution in [0.25, 0.3) is 0 Å². The van der Waals surface area contributed by atoms with Crippen LogP contribution in [0.3, 0.4) is 0 Å². The average Bonchev–Trinajstić information content (AvgIpc) is 2.74. The van der Waals surface area contributed by atoms with Crippen LogP contribution in [-0.4, -0.2) is 26.2 Å². The zero-order valence-corrected chi connectivity index (χ0v) is 14.1. The highest BCUT2D eigenvalue weighted by Crippen LogP contribution is 2.29. The number of sulfonamides is 1. The lowest BCUT2D eigenvalue weighted by Crippen LogP contribution is -2.38. The summed E-state index contributed by atoms with van der Waals surface area (Å²) in [5, 5.41) is 9.24. The van der Waals surface area contributed by atoms with Crippen LogP contribution in [0.2, 0.25) is 0 Å². The highest BCUT2D eigenvalue weighted by Gasteiger charge is 2.31. The molecule has 1 aliphatic carbocycles. The van der Waals surface area contributed by atoms with E-state index in [2.05, 4.69) is 36.6 Å². The van der Waals surface area contributed by atoms with Crippen LogP contribution in [0.1, 0.15) is 19.3 Å². The van der Waals surface area contributed by atoms with E-state index in [-0.39, 0.29) is 23.5 Å². The van der Waals surface area contributed by atoms with E-state index in [1.807, 2.05) is 0 Å². The van der Waals surface area contributed by atoms with Crippen molar-refractivity contribution in [2.45, 2.75) is 30.2 Å². The van der Waals surface area contributed by atoms with Crippen LogP contribution in [0.5, 0.6) is 0 Å². The molecule has 2 unspecified atom stereocenters. The summed E-state index contributed by atoms with van der Waals surface area (Å²) < 4.78 is 28.7. The summed E-state index contributed by atoms with van der Waals surface area (Å²) in [5.74, 6) is 0.0176. The molecule has 0 saturated heterocycles. The fourth-order valence-electron chi connectivity index (χ4n) is 2.37. The Morgan fingerprint density at radius 1 is 1.32 bits per heavy atom. The molecule has 0 radical (unpaired) electrons. The Labute approximate surface area is 129 Å². The Hall–Kier alpha value is 0.0500. The van der Waals surface area contributed by atoms with Gasteiger partial charge in [-0.25, -0.2) is 13.1 Å². The second kappa shape index (κ2) is 6.22. The smallest absolute Gasteiger partial charge is 0.241 e. The molecular formula is C12H15Br2NO3S. The van der Waals surface area contributed by atoms with E-state index in [0.717, 1.165) is 23.7 Å². The zero-order chi connectivity index (χ0) is 14.0. The molecule has 0 aliphatic heterocycles. The third kappa shape index (κ3) is 3.58. The van der Waals surface area contributed by atoms with Gasteiger partial charge in [-0.3, -0.25) is 0 Å². The van der Waals surface area contributed by atoms with E-state index in [1.165, 1.54) is 0 Å². The molecule has 2 N–H and O–H groups in total. The molecule has 0 spiro atoms. The van der Waals surface area contributed by atoms with E-state index in [4.69, 9.17) is 0 Å². The van der Waals surface area contributed by atoms with Crippen LogP contribution in [0.4, 0.5) is 0 Å². The minimum Gasteiger partial charge on any atom is -0.396 e. The lowest BCUT2D eigenvalue weighted by atomic mass is 10.1. The quantitative estimate of drug-likeness (QED) is 0.798. The topological polar surface area (TPSA) is 66.4 Å². The Bertz CT molecular complexity index is 562. The Morgan fingerprint density at radius 2 is 2.05 bits per heavy atom. The summed E-state index contributed by atoms with van der Waals surface area (Å²) in [5.41, 5.74) is 0. The number of hydrogen-bond acceptors (Lipinski definition) is 3. The Balaban J connectivity index is 2.23. The molecule has 1 fully saturated rings. The number of halogens is 2. The molecule has 106 valence electrons. The molecule has 7 heteroatoms. The van der Waals surface area contributed by atoms with Crippen molar-refractivity contribution in [3.8, 4) is 0 Å². The molecule has 19 heavy (non-hydrogen) atoms. The van der Waals surface area contributed by atoms with Gasteiger partial charge in [0.15, 0.2) is 0 Å². The minimum absolute atomic E-state index is 0.0176. The Kier molecular flexibility index (Phi) is 5.05. The predicted molar refractivity (Wildman–Crippen MR) is 80.4 cm³/mol. The highest BCUT2D eigenvalue weighted by molar-refractivity contribution is 9.11. The van der Waals surface area contributed by atoms with Gasteiger partial charge in [-0.2, -0.15) is 0 Å². The first-order valence-corrected chi connectivity index (χ1v) is 9.09.